The fourth-order valence-corrected chi connectivity index (χ4v) is 3.95. The molecule has 2 heterocycles. The molecule has 1 aliphatic heterocycles. The van der Waals surface area contributed by atoms with Crippen LogP contribution in [-0.4, -0.2) is 33.1 Å². The summed E-state index contributed by atoms with van der Waals surface area (Å²) < 4.78 is 1.97. The number of aryl methyl sites for hydroxylation is 2. The van der Waals surface area contributed by atoms with Gasteiger partial charge in [-0.15, -0.1) is 5.10 Å². The molecule has 1 aliphatic rings. The van der Waals surface area contributed by atoms with Crippen molar-refractivity contribution in [2.75, 3.05) is 6.54 Å². The minimum atomic E-state index is -0.506. The summed E-state index contributed by atoms with van der Waals surface area (Å²) >= 11 is 0. The van der Waals surface area contributed by atoms with Crippen molar-refractivity contribution >= 4 is 11.6 Å². The molecule has 0 unspecified atom stereocenters. The Bertz CT molecular complexity index is 627. The Labute approximate surface area is 156 Å². The summed E-state index contributed by atoms with van der Waals surface area (Å²) in [6.07, 6.45) is 9.06. The molecular formula is C20H34N4O2. The molecule has 0 fully saturated rings. The van der Waals surface area contributed by atoms with Crippen LogP contribution in [0.25, 0.3) is 0 Å². The van der Waals surface area contributed by atoms with Gasteiger partial charge in [0.05, 0.1) is 18.4 Å². The molecule has 1 aromatic heterocycles. The number of rotatable bonds is 3. The zero-order valence-corrected chi connectivity index (χ0v) is 16.6. The van der Waals surface area contributed by atoms with E-state index in [0.29, 0.717) is 12.8 Å². The third-order valence-electron chi connectivity index (χ3n) is 6.42. The number of hydrogen-bond donors (Lipinski definition) is 1. The molecule has 0 amide bonds. The molecule has 0 bridgehead atoms. The number of aromatic nitrogens is 3. The average molecular weight is 363 g/mol. The number of hydrogen-bond acceptors (Lipinski definition) is 5. The molecule has 6 heteroatoms. The maximum Gasteiger partial charge on any atom is 0.152 e. The molecule has 146 valence electrons. The van der Waals surface area contributed by atoms with Crippen molar-refractivity contribution in [3.8, 4) is 0 Å². The minimum absolute atomic E-state index is 0.0446. The van der Waals surface area contributed by atoms with Gasteiger partial charge in [0.2, 0.25) is 0 Å². The van der Waals surface area contributed by atoms with Crippen LogP contribution in [0.3, 0.4) is 0 Å². The molecule has 6 nitrogen and oxygen atoms in total. The van der Waals surface area contributed by atoms with Gasteiger partial charge in [0.25, 0.3) is 0 Å². The lowest BCUT2D eigenvalue weighted by Gasteiger charge is -2.31. The molecular weight excluding hydrogens is 328 g/mol. The fraction of sp³-hybridized carbons (Fsp3) is 0.800. The van der Waals surface area contributed by atoms with Crippen LogP contribution < -0.4 is 5.73 Å². The van der Waals surface area contributed by atoms with Crippen molar-refractivity contribution in [2.45, 2.75) is 85.1 Å². The van der Waals surface area contributed by atoms with Gasteiger partial charge in [0.1, 0.15) is 5.78 Å². The van der Waals surface area contributed by atoms with E-state index in [-0.39, 0.29) is 23.5 Å². The maximum absolute atomic E-state index is 13.0. The Balaban J connectivity index is 2.22. The van der Waals surface area contributed by atoms with Gasteiger partial charge in [0, 0.05) is 23.8 Å². The van der Waals surface area contributed by atoms with Gasteiger partial charge in [-0.1, -0.05) is 32.4 Å². The standard InChI is InChI=1S/C20H34N4O2/c1-4-19(2)11-7-8-16-15-22-23-24(16)13-6-5-10-20(3,18(26)14-21)12-9-17(19)25/h15H,4-14,21H2,1-3H3/t19-,20+/m0/s1. The van der Waals surface area contributed by atoms with E-state index in [0.717, 1.165) is 57.2 Å². The van der Waals surface area contributed by atoms with Gasteiger partial charge in [0.15, 0.2) is 5.78 Å². The zero-order chi connectivity index (χ0) is 19.2. The smallest absolute Gasteiger partial charge is 0.152 e. The first-order valence-corrected chi connectivity index (χ1v) is 9.99. The van der Waals surface area contributed by atoms with Crippen molar-refractivity contribution in [3.63, 3.8) is 0 Å². The molecule has 0 saturated heterocycles. The van der Waals surface area contributed by atoms with Crippen molar-refractivity contribution in [1.29, 1.82) is 0 Å². The van der Waals surface area contributed by atoms with Crippen LogP contribution in [0.2, 0.25) is 0 Å². The van der Waals surface area contributed by atoms with E-state index in [2.05, 4.69) is 24.2 Å². The van der Waals surface area contributed by atoms with Crippen molar-refractivity contribution in [3.05, 3.63) is 11.9 Å². The fourth-order valence-electron chi connectivity index (χ4n) is 3.95. The summed E-state index contributed by atoms with van der Waals surface area (Å²) in [4.78, 5) is 25.4. The largest absolute Gasteiger partial charge is 0.324 e. The first kappa shape index (κ1) is 20.7. The number of Topliss-reactive ketones (excluding diaryl/α,β-unsaturated/α-hetero) is 2. The second-order valence-corrected chi connectivity index (χ2v) is 8.28. The normalized spacial score (nSPS) is 29.0. The average Bonchev–Trinajstić information content (AvgIpc) is 3.09. The van der Waals surface area contributed by atoms with E-state index >= 15 is 0 Å². The Morgan fingerprint density at radius 2 is 1.96 bits per heavy atom. The molecule has 2 atom stereocenters. The number of carbonyl (C=O) groups excluding carboxylic acids is 2. The van der Waals surface area contributed by atoms with E-state index in [4.69, 9.17) is 5.73 Å². The van der Waals surface area contributed by atoms with Gasteiger partial charge in [-0.25, -0.2) is 4.68 Å². The summed E-state index contributed by atoms with van der Waals surface area (Å²) in [5, 5.41) is 8.25. The predicted molar refractivity (Wildman–Crippen MR) is 102 cm³/mol. The van der Waals surface area contributed by atoms with Crippen LogP contribution in [0.5, 0.6) is 0 Å². The van der Waals surface area contributed by atoms with E-state index < -0.39 is 5.41 Å². The summed E-state index contributed by atoms with van der Waals surface area (Å²) in [7, 11) is 0. The van der Waals surface area contributed by atoms with Crippen molar-refractivity contribution in [2.24, 2.45) is 16.6 Å². The number of fused-ring (bicyclic) bond motifs is 1. The second-order valence-electron chi connectivity index (χ2n) is 8.28. The third kappa shape index (κ3) is 4.78. The highest BCUT2D eigenvalue weighted by molar-refractivity contribution is 5.88. The predicted octanol–water partition coefficient (Wildman–Crippen LogP) is 3.08. The van der Waals surface area contributed by atoms with Gasteiger partial charge in [-0.2, -0.15) is 0 Å². The minimum Gasteiger partial charge on any atom is -0.324 e. The highest BCUT2D eigenvalue weighted by atomic mass is 16.1. The molecule has 2 rings (SSSR count). The number of carbonyl (C=O) groups is 2. The molecule has 2 N–H and O–H groups in total. The Morgan fingerprint density at radius 1 is 1.19 bits per heavy atom. The lowest BCUT2D eigenvalue weighted by molar-refractivity contribution is -0.131. The number of nitrogens with two attached hydrogens (primary N) is 1. The van der Waals surface area contributed by atoms with Crippen molar-refractivity contribution < 1.29 is 9.59 Å². The Hall–Kier alpha value is -1.56. The molecule has 0 spiro atoms. The topological polar surface area (TPSA) is 90.9 Å². The van der Waals surface area contributed by atoms with E-state index in [1.54, 1.807) is 0 Å². The molecule has 1 aromatic rings. The highest BCUT2D eigenvalue weighted by Crippen LogP contribution is 2.36. The first-order chi connectivity index (χ1) is 12.3. The van der Waals surface area contributed by atoms with Crippen LogP contribution in [0.1, 0.15) is 77.8 Å². The summed E-state index contributed by atoms with van der Waals surface area (Å²) in [6, 6.07) is 0. The van der Waals surface area contributed by atoms with Gasteiger partial charge < -0.3 is 5.73 Å². The molecule has 0 aromatic carbocycles. The molecule has 0 radical (unpaired) electrons. The van der Waals surface area contributed by atoms with Gasteiger partial charge >= 0.3 is 0 Å². The maximum atomic E-state index is 13.0. The highest BCUT2D eigenvalue weighted by Gasteiger charge is 2.36. The molecule has 0 saturated carbocycles. The van der Waals surface area contributed by atoms with E-state index in [1.807, 2.05) is 17.8 Å². The molecule has 26 heavy (non-hydrogen) atoms. The van der Waals surface area contributed by atoms with Crippen LogP contribution in [0, 0.1) is 10.8 Å². The second kappa shape index (κ2) is 8.89. The SMILES string of the molecule is CC[C@@]1(C)CCCc2cnnn2CCCC[C@@](C)(C(=O)CN)CCC1=O. The third-order valence-corrected chi connectivity index (χ3v) is 6.42. The van der Waals surface area contributed by atoms with Gasteiger partial charge in [-0.05, 0) is 44.9 Å². The van der Waals surface area contributed by atoms with Crippen LogP contribution in [0.4, 0.5) is 0 Å². The van der Waals surface area contributed by atoms with Crippen LogP contribution >= 0.6 is 0 Å². The number of ketones is 2. The van der Waals surface area contributed by atoms with E-state index in [9.17, 15) is 9.59 Å². The van der Waals surface area contributed by atoms with E-state index in [1.165, 1.54) is 0 Å². The number of nitrogens with zero attached hydrogens (tertiary/aromatic N) is 3. The van der Waals surface area contributed by atoms with Gasteiger partial charge in [-0.3, -0.25) is 9.59 Å². The molecule has 0 aliphatic carbocycles. The quantitative estimate of drug-likeness (QED) is 0.892. The van der Waals surface area contributed by atoms with Crippen LogP contribution in [0.15, 0.2) is 6.20 Å². The lowest BCUT2D eigenvalue weighted by atomic mass is 9.72. The summed E-state index contributed by atoms with van der Waals surface area (Å²) in [5.74, 6) is 0.344. The summed E-state index contributed by atoms with van der Waals surface area (Å²) in [5.41, 5.74) is 5.96. The Kier molecular flexibility index (Phi) is 7.09. The monoisotopic (exact) mass is 362 g/mol. The summed E-state index contributed by atoms with van der Waals surface area (Å²) in [6.45, 7) is 7.00. The Morgan fingerprint density at radius 3 is 2.65 bits per heavy atom. The first-order valence-electron chi connectivity index (χ1n) is 9.99. The zero-order valence-electron chi connectivity index (χ0n) is 16.6. The lowest BCUT2D eigenvalue weighted by Crippen LogP contribution is -2.36. The van der Waals surface area contributed by atoms with Crippen molar-refractivity contribution in [1.82, 2.24) is 15.0 Å². The van der Waals surface area contributed by atoms with Crippen LogP contribution in [-0.2, 0) is 22.6 Å².